The smallest absolute Gasteiger partial charge is 0.264 e. The fourth-order valence-corrected chi connectivity index (χ4v) is 6.89. The molecular formula is C31H35Cl2N3O5S. The first-order chi connectivity index (χ1) is 20.1. The summed E-state index contributed by atoms with van der Waals surface area (Å²) in [4.78, 5) is 28.9. The Morgan fingerprint density at radius 2 is 1.62 bits per heavy atom. The van der Waals surface area contributed by atoms with Crippen molar-refractivity contribution in [1.82, 2.24) is 10.2 Å². The molecule has 11 heteroatoms. The number of nitrogens with one attached hydrogen (secondary N) is 1. The van der Waals surface area contributed by atoms with Gasteiger partial charge in [0.2, 0.25) is 11.8 Å². The van der Waals surface area contributed by atoms with Crippen LogP contribution in [0.4, 0.5) is 5.69 Å². The van der Waals surface area contributed by atoms with E-state index in [1.54, 1.807) is 49.4 Å². The molecule has 0 heterocycles. The zero-order chi connectivity index (χ0) is 30.3. The molecule has 42 heavy (non-hydrogen) atoms. The van der Waals surface area contributed by atoms with Gasteiger partial charge in [-0.05, 0) is 61.7 Å². The molecule has 4 rings (SSSR count). The molecule has 1 N–H and O–H groups in total. The average molecular weight is 633 g/mol. The van der Waals surface area contributed by atoms with Gasteiger partial charge in [0, 0.05) is 17.6 Å². The molecular weight excluding hydrogens is 597 g/mol. The summed E-state index contributed by atoms with van der Waals surface area (Å²) >= 11 is 12.8. The van der Waals surface area contributed by atoms with Crippen LogP contribution in [0, 0.1) is 0 Å². The third kappa shape index (κ3) is 7.56. The Kier molecular flexibility index (Phi) is 10.8. The molecule has 0 aliphatic heterocycles. The van der Waals surface area contributed by atoms with E-state index in [-0.39, 0.29) is 34.1 Å². The lowest BCUT2D eigenvalue weighted by molar-refractivity contribution is -0.139. The highest BCUT2D eigenvalue weighted by molar-refractivity contribution is 7.92. The molecule has 3 aromatic carbocycles. The third-order valence-corrected chi connectivity index (χ3v) is 9.90. The Balaban J connectivity index is 1.70. The Hall–Kier alpha value is -3.27. The summed E-state index contributed by atoms with van der Waals surface area (Å²) < 4.78 is 34.1. The topological polar surface area (TPSA) is 96.0 Å². The maximum atomic E-state index is 14.1. The van der Waals surface area contributed by atoms with Crippen LogP contribution < -0.4 is 14.4 Å². The van der Waals surface area contributed by atoms with E-state index in [4.69, 9.17) is 27.9 Å². The van der Waals surface area contributed by atoms with Gasteiger partial charge in [-0.25, -0.2) is 8.42 Å². The maximum Gasteiger partial charge on any atom is 0.264 e. The van der Waals surface area contributed by atoms with Crippen LogP contribution >= 0.6 is 23.2 Å². The summed E-state index contributed by atoms with van der Waals surface area (Å²) in [6.45, 7) is 1.08. The lowest BCUT2D eigenvalue weighted by Gasteiger charge is -2.33. The van der Waals surface area contributed by atoms with E-state index in [0.29, 0.717) is 16.3 Å². The number of rotatable bonds is 11. The van der Waals surface area contributed by atoms with Gasteiger partial charge in [0.25, 0.3) is 10.0 Å². The van der Waals surface area contributed by atoms with Crippen molar-refractivity contribution >= 4 is 50.7 Å². The fraction of sp³-hybridized carbons (Fsp3) is 0.355. The second-order valence-corrected chi connectivity index (χ2v) is 13.0. The van der Waals surface area contributed by atoms with Crippen LogP contribution in [0.25, 0.3) is 0 Å². The lowest BCUT2D eigenvalue weighted by atomic mass is 9.95. The van der Waals surface area contributed by atoms with E-state index in [9.17, 15) is 18.0 Å². The third-order valence-electron chi connectivity index (χ3n) is 7.45. The Morgan fingerprint density at radius 1 is 0.952 bits per heavy atom. The molecule has 224 valence electrons. The average Bonchev–Trinajstić information content (AvgIpc) is 2.99. The van der Waals surface area contributed by atoms with Gasteiger partial charge >= 0.3 is 0 Å². The van der Waals surface area contributed by atoms with Crippen molar-refractivity contribution in [2.45, 2.75) is 62.6 Å². The summed E-state index contributed by atoms with van der Waals surface area (Å²) in [6.07, 6.45) is 4.99. The van der Waals surface area contributed by atoms with E-state index in [0.717, 1.165) is 36.4 Å². The molecule has 1 aliphatic rings. The number of halogens is 2. The number of hydrogen-bond acceptors (Lipinski definition) is 5. The number of sulfonamides is 1. The van der Waals surface area contributed by atoms with Gasteiger partial charge in [0.15, 0.2) is 0 Å². The molecule has 1 saturated carbocycles. The van der Waals surface area contributed by atoms with Crippen LogP contribution in [0.2, 0.25) is 10.0 Å². The van der Waals surface area contributed by atoms with Gasteiger partial charge in [-0.1, -0.05) is 78.9 Å². The molecule has 0 aromatic heterocycles. The molecule has 8 nitrogen and oxygen atoms in total. The highest BCUT2D eigenvalue weighted by atomic mass is 35.5. The molecule has 1 atom stereocenters. The minimum atomic E-state index is -4.21. The summed E-state index contributed by atoms with van der Waals surface area (Å²) in [5, 5.41) is 3.71. The number of ether oxygens (including phenoxy) is 1. The number of carbonyl (C=O) groups excluding carboxylic acids is 2. The van der Waals surface area contributed by atoms with Crippen molar-refractivity contribution in [3.05, 3.63) is 88.4 Å². The lowest BCUT2D eigenvalue weighted by Crippen LogP contribution is -2.53. The van der Waals surface area contributed by atoms with Gasteiger partial charge in [0.05, 0.1) is 22.7 Å². The molecule has 0 radical (unpaired) electrons. The monoisotopic (exact) mass is 631 g/mol. The second kappa shape index (κ2) is 14.3. The van der Waals surface area contributed by atoms with Gasteiger partial charge < -0.3 is 15.0 Å². The molecule has 1 aliphatic carbocycles. The van der Waals surface area contributed by atoms with Crippen molar-refractivity contribution in [1.29, 1.82) is 0 Å². The Morgan fingerprint density at radius 3 is 2.26 bits per heavy atom. The van der Waals surface area contributed by atoms with Crippen LogP contribution in [0.5, 0.6) is 5.75 Å². The Bertz CT molecular complexity index is 1500. The maximum absolute atomic E-state index is 14.1. The molecule has 0 saturated heterocycles. The van der Waals surface area contributed by atoms with Crippen molar-refractivity contribution in [2.24, 2.45) is 0 Å². The van der Waals surface area contributed by atoms with Crippen molar-refractivity contribution in [2.75, 3.05) is 18.0 Å². The molecule has 0 unspecified atom stereocenters. The summed E-state index contributed by atoms with van der Waals surface area (Å²) in [6, 6.07) is 18.5. The number of anilines is 1. The highest BCUT2D eigenvalue weighted by Crippen LogP contribution is 2.32. The van der Waals surface area contributed by atoms with Gasteiger partial charge in [-0.3, -0.25) is 13.9 Å². The van der Waals surface area contributed by atoms with Gasteiger partial charge in [-0.15, -0.1) is 0 Å². The number of nitrogens with zero attached hydrogens (tertiary/aromatic N) is 2. The SMILES string of the molecule is COc1ccc(N(CC(=O)N(Cc2ccccc2Cl)[C@H](C)C(=O)NC2CCCCC2)S(=O)(=O)c2ccccc2)cc1Cl. The minimum absolute atomic E-state index is 0.00508. The summed E-state index contributed by atoms with van der Waals surface area (Å²) in [5.74, 6) is -0.517. The number of carbonyl (C=O) groups is 2. The Labute approximate surface area is 257 Å². The van der Waals surface area contributed by atoms with Crippen molar-refractivity contribution in [3.8, 4) is 5.75 Å². The predicted octanol–water partition coefficient (Wildman–Crippen LogP) is 6.06. The molecule has 0 spiro atoms. The van der Waals surface area contributed by atoms with Gasteiger partial charge in [0.1, 0.15) is 18.3 Å². The van der Waals surface area contributed by atoms with E-state index < -0.39 is 28.5 Å². The van der Waals surface area contributed by atoms with Crippen molar-refractivity contribution < 1.29 is 22.7 Å². The predicted molar refractivity (Wildman–Crippen MR) is 165 cm³/mol. The van der Waals surface area contributed by atoms with E-state index >= 15 is 0 Å². The zero-order valence-corrected chi connectivity index (χ0v) is 26.0. The zero-order valence-electron chi connectivity index (χ0n) is 23.6. The van der Waals surface area contributed by atoms with Crippen LogP contribution in [-0.4, -0.2) is 50.9 Å². The van der Waals surface area contributed by atoms with E-state index in [1.807, 2.05) is 0 Å². The first kappa shape index (κ1) is 31.7. The fourth-order valence-electron chi connectivity index (χ4n) is 5.02. The van der Waals surface area contributed by atoms with E-state index in [2.05, 4.69) is 5.32 Å². The molecule has 2 amide bonds. The first-order valence-corrected chi connectivity index (χ1v) is 16.1. The van der Waals surface area contributed by atoms with Crippen LogP contribution in [0.1, 0.15) is 44.6 Å². The van der Waals surface area contributed by atoms with Crippen LogP contribution in [0.15, 0.2) is 77.7 Å². The number of amides is 2. The minimum Gasteiger partial charge on any atom is -0.495 e. The number of methoxy groups -OCH3 is 1. The second-order valence-electron chi connectivity index (χ2n) is 10.3. The first-order valence-electron chi connectivity index (χ1n) is 13.9. The molecule has 3 aromatic rings. The summed E-state index contributed by atoms with van der Waals surface area (Å²) in [7, 11) is -2.76. The summed E-state index contributed by atoms with van der Waals surface area (Å²) in [5.41, 5.74) is 0.810. The quantitative estimate of drug-likeness (QED) is 0.277. The molecule has 1 fully saturated rings. The number of benzene rings is 3. The standard InChI is InChI=1S/C31H35Cl2N3O5S/c1-22(31(38)34-24-12-5-3-6-13-24)35(20-23-11-9-10-16-27(23)32)30(37)21-36(25-17-18-29(41-2)28(33)19-25)42(39,40)26-14-7-4-8-15-26/h4,7-11,14-19,22,24H,3,5-6,12-13,20-21H2,1-2H3,(H,34,38)/t22-/m1/s1. The van der Waals surface area contributed by atoms with Crippen molar-refractivity contribution in [3.63, 3.8) is 0 Å². The van der Waals surface area contributed by atoms with Crippen LogP contribution in [-0.2, 0) is 26.2 Å². The van der Waals surface area contributed by atoms with Gasteiger partial charge in [-0.2, -0.15) is 0 Å². The van der Waals surface area contributed by atoms with E-state index in [1.165, 1.54) is 42.3 Å². The highest BCUT2D eigenvalue weighted by Gasteiger charge is 2.33. The number of hydrogen-bond donors (Lipinski definition) is 1. The van der Waals surface area contributed by atoms with Crippen LogP contribution in [0.3, 0.4) is 0 Å². The molecule has 0 bridgehead atoms. The largest absolute Gasteiger partial charge is 0.495 e. The normalized spacial score (nSPS) is 14.6.